The summed E-state index contributed by atoms with van der Waals surface area (Å²) in [6, 6.07) is 0. The largest absolute Gasteiger partial charge is 0.481 e. The minimum absolute atomic E-state index is 0.0161. The Morgan fingerprint density at radius 3 is 2.33 bits per heavy atom. The number of carbonyl (C=O) groups excluding carboxylic acids is 1. The lowest BCUT2D eigenvalue weighted by atomic mass is 9.78. The van der Waals surface area contributed by atoms with Crippen LogP contribution in [0.15, 0.2) is 0 Å². The molecule has 0 aliphatic heterocycles. The lowest BCUT2D eigenvalue weighted by Gasteiger charge is -2.32. The Morgan fingerprint density at radius 1 is 1.28 bits per heavy atom. The molecular weight excluding hydrogens is 230 g/mol. The van der Waals surface area contributed by atoms with Crippen LogP contribution in [-0.4, -0.2) is 35.5 Å². The molecule has 4 heteroatoms. The van der Waals surface area contributed by atoms with Crippen LogP contribution >= 0.6 is 0 Å². The molecule has 104 valence electrons. The summed E-state index contributed by atoms with van der Waals surface area (Å²) in [5.74, 6) is -1.13. The van der Waals surface area contributed by atoms with Gasteiger partial charge in [0, 0.05) is 13.6 Å². The molecule has 0 aromatic rings. The average Bonchev–Trinajstić information content (AvgIpc) is 2.37. The number of carboxylic acids is 1. The Kier molecular flexibility index (Phi) is 5.63. The van der Waals surface area contributed by atoms with E-state index in [0.717, 1.165) is 32.2 Å². The van der Waals surface area contributed by atoms with Crippen LogP contribution in [-0.2, 0) is 9.59 Å². The van der Waals surface area contributed by atoms with E-state index in [-0.39, 0.29) is 11.8 Å². The number of rotatable bonds is 5. The third-order valence-corrected chi connectivity index (χ3v) is 4.06. The predicted octanol–water partition coefficient (Wildman–Crippen LogP) is 2.38. The van der Waals surface area contributed by atoms with Crippen LogP contribution in [0, 0.1) is 17.8 Å². The topological polar surface area (TPSA) is 57.6 Å². The van der Waals surface area contributed by atoms with Gasteiger partial charge in [-0.15, -0.1) is 0 Å². The van der Waals surface area contributed by atoms with Crippen molar-refractivity contribution in [2.24, 2.45) is 17.8 Å². The molecule has 3 atom stereocenters. The number of hydrogen-bond acceptors (Lipinski definition) is 2. The van der Waals surface area contributed by atoms with Gasteiger partial charge in [-0.3, -0.25) is 9.59 Å². The number of carboxylic acid groups (broad SMARTS) is 1. The number of hydrogen-bond donors (Lipinski definition) is 1. The fourth-order valence-electron chi connectivity index (χ4n) is 2.69. The van der Waals surface area contributed by atoms with Gasteiger partial charge in [0.25, 0.3) is 0 Å². The minimum Gasteiger partial charge on any atom is -0.481 e. The smallest absolute Gasteiger partial charge is 0.307 e. The van der Waals surface area contributed by atoms with Crippen LogP contribution in [0.1, 0.15) is 46.0 Å². The quantitative estimate of drug-likeness (QED) is 0.820. The number of aliphatic carboxylic acids is 1. The third-order valence-electron chi connectivity index (χ3n) is 4.06. The summed E-state index contributed by atoms with van der Waals surface area (Å²) >= 11 is 0. The van der Waals surface area contributed by atoms with Crippen molar-refractivity contribution in [3.63, 3.8) is 0 Å². The fraction of sp³-hybridized carbons (Fsp3) is 0.857. The first-order valence-electron chi connectivity index (χ1n) is 6.95. The maximum Gasteiger partial charge on any atom is 0.307 e. The van der Waals surface area contributed by atoms with Crippen LogP contribution in [0.3, 0.4) is 0 Å². The van der Waals surface area contributed by atoms with Crippen LogP contribution in [0.5, 0.6) is 0 Å². The number of amides is 1. The van der Waals surface area contributed by atoms with E-state index < -0.39 is 11.9 Å². The molecule has 18 heavy (non-hydrogen) atoms. The predicted molar refractivity (Wildman–Crippen MR) is 70.2 cm³/mol. The summed E-state index contributed by atoms with van der Waals surface area (Å²) in [5, 5.41) is 9.20. The lowest BCUT2D eigenvalue weighted by Crippen LogP contribution is -2.42. The van der Waals surface area contributed by atoms with Crippen molar-refractivity contribution in [2.45, 2.75) is 46.0 Å². The minimum atomic E-state index is -0.815. The zero-order chi connectivity index (χ0) is 13.7. The number of nitrogens with zero attached hydrogens (tertiary/aromatic N) is 1. The normalized spacial score (nSPS) is 25.5. The van der Waals surface area contributed by atoms with Crippen LogP contribution in [0.25, 0.3) is 0 Å². The Hall–Kier alpha value is -1.06. The highest BCUT2D eigenvalue weighted by molar-refractivity contribution is 5.84. The second-order valence-electron chi connectivity index (χ2n) is 5.57. The summed E-state index contributed by atoms with van der Waals surface area (Å²) in [6.45, 7) is 4.93. The van der Waals surface area contributed by atoms with Gasteiger partial charge < -0.3 is 10.0 Å². The molecule has 4 nitrogen and oxygen atoms in total. The maximum absolute atomic E-state index is 12.3. The van der Waals surface area contributed by atoms with E-state index in [2.05, 4.69) is 13.8 Å². The summed E-state index contributed by atoms with van der Waals surface area (Å²) in [4.78, 5) is 25.2. The van der Waals surface area contributed by atoms with Gasteiger partial charge in [0.15, 0.2) is 0 Å². The highest BCUT2D eigenvalue weighted by Crippen LogP contribution is 2.31. The highest BCUT2D eigenvalue weighted by atomic mass is 16.4. The maximum atomic E-state index is 12.3. The second kappa shape index (κ2) is 6.76. The Labute approximate surface area is 109 Å². The summed E-state index contributed by atoms with van der Waals surface area (Å²) in [7, 11) is 1.79. The molecule has 0 radical (unpaired) electrons. The summed E-state index contributed by atoms with van der Waals surface area (Å²) < 4.78 is 0. The van der Waals surface area contributed by atoms with Crippen molar-refractivity contribution in [3.05, 3.63) is 0 Å². The molecule has 0 bridgehead atoms. The first-order chi connectivity index (χ1) is 8.47. The SMILES string of the molecule is CCC(C)CN(C)C(=O)[C@@H]1CCCC[C@@H]1C(=O)O. The van der Waals surface area contributed by atoms with Crippen molar-refractivity contribution in [1.82, 2.24) is 4.90 Å². The van der Waals surface area contributed by atoms with E-state index in [4.69, 9.17) is 0 Å². The zero-order valence-electron chi connectivity index (χ0n) is 11.7. The van der Waals surface area contributed by atoms with Crippen molar-refractivity contribution >= 4 is 11.9 Å². The molecule has 0 heterocycles. The molecule has 0 saturated heterocycles. The molecule has 1 rings (SSSR count). The van der Waals surface area contributed by atoms with Crippen molar-refractivity contribution in [1.29, 1.82) is 0 Å². The standard InChI is InChI=1S/C14H25NO3/c1-4-10(2)9-15(3)13(16)11-7-5-6-8-12(11)14(17)18/h10-12H,4-9H2,1-3H3,(H,17,18)/t10?,11-,12+/m1/s1. The fourth-order valence-corrected chi connectivity index (χ4v) is 2.69. The van der Waals surface area contributed by atoms with Crippen LogP contribution in [0.4, 0.5) is 0 Å². The van der Waals surface area contributed by atoms with E-state index in [1.807, 2.05) is 0 Å². The molecule has 1 aliphatic rings. The van der Waals surface area contributed by atoms with E-state index >= 15 is 0 Å². The van der Waals surface area contributed by atoms with E-state index in [9.17, 15) is 14.7 Å². The Bertz CT molecular complexity index is 303. The van der Waals surface area contributed by atoms with Gasteiger partial charge in [0.2, 0.25) is 5.91 Å². The van der Waals surface area contributed by atoms with Gasteiger partial charge in [-0.2, -0.15) is 0 Å². The second-order valence-corrected chi connectivity index (χ2v) is 5.57. The molecule has 1 unspecified atom stereocenters. The first kappa shape index (κ1) is 15.0. The number of carbonyl (C=O) groups is 2. The average molecular weight is 255 g/mol. The molecular formula is C14H25NO3. The van der Waals surface area contributed by atoms with Crippen molar-refractivity contribution in [3.8, 4) is 0 Å². The summed E-state index contributed by atoms with van der Waals surface area (Å²) in [5.41, 5.74) is 0. The van der Waals surface area contributed by atoms with Gasteiger partial charge in [-0.1, -0.05) is 33.1 Å². The third kappa shape index (κ3) is 3.72. The van der Waals surface area contributed by atoms with E-state index in [1.165, 1.54) is 0 Å². The molecule has 1 amide bonds. The Balaban J connectivity index is 2.65. The van der Waals surface area contributed by atoms with Crippen molar-refractivity contribution in [2.75, 3.05) is 13.6 Å². The van der Waals surface area contributed by atoms with Gasteiger partial charge in [0.1, 0.15) is 0 Å². The molecule has 0 spiro atoms. The van der Waals surface area contributed by atoms with Crippen LogP contribution < -0.4 is 0 Å². The van der Waals surface area contributed by atoms with E-state index in [0.29, 0.717) is 12.3 Å². The zero-order valence-corrected chi connectivity index (χ0v) is 11.7. The lowest BCUT2D eigenvalue weighted by molar-refractivity contribution is -0.152. The van der Waals surface area contributed by atoms with E-state index in [1.54, 1.807) is 11.9 Å². The van der Waals surface area contributed by atoms with Gasteiger partial charge in [-0.25, -0.2) is 0 Å². The molecule has 1 N–H and O–H groups in total. The van der Waals surface area contributed by atoms with Gasteiger partial charge in [-0.05, 0) is 18.8 Å². The molecule has 1 fully saturated rings. The molecule has 0 aromatic carbocycles. The van der Waals surface area contributed by atoms with Gasteiger partial charge in [0.05, 0.1) is 11.8 Å². The van der Waals surface area contributed by atoms with Crippen molar-refractivity contribution < 1.29 is 14.7 Å². The Morgan fingerprint density at radius 2 is 1.83 bits per heavy atom. The molecule has 0 aromatic heterocycles. The molecule has 1 aliphatic carbocycles. The summed E-state index contributed by atoms with van der Waals surface area (Å²) in [6.07, 6.45) is 4.29. The molecule has 1 saturated carbocycles. The first-order valence-corrected chi connectivity index (χ1v) is 6.95. The van der Waals surface area contributed by atoms with Crippen LogP contribution in [0.2, 0.25) is 0 Å². The monoisotopic (exact) mass is 255 g/mol. The highest BCUT2D eigenvalue weighted by Gasteiger charge is 2.37. The van der Waals surface area contributed by atoms with Gasteiger partial charge >= 0.3 is 5.97 Å².